The zero-order chi connectivity index (χ0) is 15.5. The van der Waals surface area contributed by atoms with Crippen LogP contribution in [0, 0.1) is 5.92 Å². The molecule has 2 atom stereocenters. The topological polar surface area (TPSA) is 66.6 Å². The van der Waals surface area contributed by atoms with Crippen molar-refractivity contribution in [3.8, 4) is 0 Å². The summed E-state index contributed by atoms with van der Waals surface area (Å²) in [6, 6.07) is 0.0305. The molecule has 0 aromatic rings. The summed E-state index contributed by atoms with van der Waals surface area (Å²) >= 11 is 0. The van der Waals surface area contributed by atoms with Crippen LogP contribution in [0.15, 0.2) is 0 Å². The van der Waals surface area contributed by atoms with Gasteiger partial charge in [-0.25, -0.2) is 0 Å². The Bertz CT molecular complexity index is 284. The lowest BCUT2D eigenvalue weighted by Crippen LogP contribution is -2.46. The quantitative estimate of drug-likeness (QED) is 0.609. The van der Waals surface area contributed by atoms with E-state index < -0.39 is 0 Å². The van der Waals surface area contributed by atoms with Crippen molar-refractivity contribution in [2.45, 2.75) is 77.2 Å². The van der Waals surface area contributed by atoms with Crippen molar-refractivity contribution in [3.63, 3.8) is 0 Å². The van der Waals surface area contributed by atoms with Crippen LogP contribution in [0.3, 0.4) is 0 Å². The number of nitrogens with two attached hydrogens (primary N) is 1. The molecular weight excluding hydrogens is 264 g/mol. The summed E-state index contributed by atoms with van der Waals surface area (Å²) in [6.45, 7) is 3.86. The Labute approximate surface area is 130 Å². The van der Waals surface area contributed by atoms with Crippen molar-refractivity contribution >= 4 is 5.91 Å². The minimum Gasteiger partial charge on any atom is -0.396 e. The Morgan fingerprint density at radius 2 is 1.76 bits per heavy atom. The monoisotopic (exact) mass is 298 g/mol. The first-order chi connectivity index (χ1) is 10.2. The Hall–Kier alpha value is -0.610. The molecule has 0 heterocycles. The molecule has 1 fully saturated rings. The van der Waals surface area contributed by atoms with Gasteiger partial charge in [-0.15, -0.1) is 0 Å². The molecule has 0 saturated heterocycles. The first kappa shape index (κ1) is 18.4. The maximum atomic E-state index is 12.7. The molecule has 21 heavy (non-hydrogen) atoms. The number of hydrogen-bond acceptors (Lipinski definition) is 3. The van der Waals surface area contributed by atoms with E-state index in [1.807, 2.05) is 4.90 Å². The van der Waals surface area contributed by atoms with E-state index >= 15 is 0 Å². The molecule has 1 aliphatic carbocycles. The SMILES string of the molecule is CCCCCCCN(CCCO)C(=O)C1CCCCC1N. The highest BCUT2D eigenvalue weighted by molar-refractivity contribution is 5.79. The minimum atomic E-state index is 0.00749. The molecule has 1 saturated carbocycles. The molecule has 124 valence electrons. The minimum absolute atomic E-state index is 0.00749. The lowest BCUT2D eigenvalue weighted by Gasteiger charge is -2.33. The highest BCUT2D eigenvalue weighted by atomic mass is 16.3. The summed E-state index contributed by atoms with van der Waals surface area (Å²) in [5, 5.41) is 9.04. The van der Waals surface area contributed by atoms with Gasteiger partial charge >= 0.3 is 0 Å². The summed E-state index contributed by atoms with van der Waals surface area (Å²) in [6.07, 6.45) is 10.9. The van der Waals surface area contributed by atoms with E-state index in [4.69, 9.17) is 10.8 Å². The smallest absolute Gasteiger partial charge is 0.227 e. The van der Waals surface area contributed by atoms with Crippen LogP contribution < -0.4 is 5.73 Å². The van der Waals surface area contributed by atoms with Gasteiger partial charge in [-0.2, -0.15) is 0 Å². The van der Waals surface area contributed by atoms with Crippen molar-refractivity contribution in [2.75, 3.05) is 19.7 Å². The van der Waals surface area contributed by atoms with Crippen LogP contribution in [-0.4, -0.2) is 41.7 Å². The molecule has 1 amide bonds. The van der Waals surface area contributed by atoms with E-state index in [-0.39, 0.29) is 24.5 Å². The van der Waals surface area contributed by atoms with Crippen molar-refractivity contribution < 1.29 is 9.90 Å². The number of rotatable bonds is 10. The average Bonchev–Trinajstić information content (AvgIpc) is 2.50. The normalized spacial score (nSPS) is 22.2. The predicted octanol–water partition coefficient (Wildman–Crippen LogP) is 2.69. The second-order valence-corrected chi connectivity index (χ2v) is 6.37. The molecule has 0 aromatic carbocycles. The van der Waals surface area contributed by atoms with Crippen LogP contribution in [0.2, 0.25) is 0 Å². The number of unbranched alkanes of at least 4 members (excludes halogenated alkanes) is 4. The summed E-state index contributed by atoms with van der Waals surface area (Å²) in [4.78, 5) is 14.7. The van der Waals surface area contributed by atoms with E-state index in [0.29, 0.717) is 13.0 Å². The number of carbonyl (C=O) groups is 1. The van der Waals surface area contributed by atoms with Gasteiger partial charge in [0.15, 0.2) is 0 Å². The third-order valence-corrected chi connectivity index (χ3v) is 4.57. The third-order valence-electron chi connectivity index (χ3n) is 4.57. The van der Waals surface area contributed by atoms with E-state index in [2.05, 4.69) is 6.92 Å². The summed E-state index contributed by atoms with van der Waals surface area (Å²) in [5.74, 6) is 0.235. The van der Waals surface area contributed by atoms with Gasteiger partial charge in [0.25, 0.3) is 0 Å². The van der Waals surface area contributed by atoms with Crippen LogP contribution in [0.25, 0.3) is 0 Å². The van der Waals surface area contributed by atoms with Gasteiger partial charge in [0.2, 0.25) is 5.91 Å². The van der Waals surface area contributed by atoms with Crippen LogP contribution in [-0.2, 0) is 4.79 Å². The van der Waals surface area contributed by atoms with Gasteiger partial charge in [0.05, 0.1) is 5.92 Å². The zero-order valence-electron chi connectivity index (χ0n) is 13.7. The maximum absolute atomic E-state index is 12.7. The van der Waals surface area contributed by atoms with Crippen molar-refractivity contribution in [2.24, 2.45) is 11.7 Å². The molecular formula is C17H34N2O2. The standard InChI is InChI=1S/C17H34N2O2/c1-2-3-4-5-8-12-19(13-9-14-20)17(21)15-10-6-7-11-16(15)18/h15-16,20H,2-14,18H2,1H3. The number of aliphatic hydroxyl groups is 1. The number of amides is 1. The molecule has 0 bridgehead atoms. The first-order valence-electron chi connectivity index (χ1n) is 8.86. The molecule has 0 spiro atoms. The van der Waals surface area contributed by atoms with E-state index in [1.54, 1.807) is 0 Å². The molecule has 2 unspecified atom stereocenters. The van der Waals surface area contributed by atoms with E-state index in [9.17, 15) is 4.79 Å². The fourth-order valence-electron chi connectivity index (χ4n) is 3.20. The Kier molecular flexibility index (Phi) is 9.68. The Morgan fingerprint density at radius 1 is 1.10 bits per heavy atom. The number of aliphatic hydroxyl groups excluding tert-OH is 1. The number of hydrogen-bond donors (Lipinski definition) is 2. The lowest BCUT2D eigenvalue weighted by molar-refractivity contribution is -0.137. The van der Waals surface area contributed by atoms with Gasteiger partial charge in [-0.1, -0.05) is 45.4 Å². The third kappa shape index (κ3) is 6.79. The van der Waals surface area contributed by atoms with Crippen LogP contribution >= 0.6 is 0 Å². The van der Waals surface area contributed by atoms with Crippen molar-refractivity contribution in [1.29, 1.82) is 0 Å². The zero-order valence-corrected chi connectivity index (χ0v) is 13.7. The lowest BCUT2D eigenvalue weighted by atomic mass is 9.84. The van der Waals surface area contributed by atoms with Gasteiger partial charge < -0.3 is 15.7 Å². The molecule has 0 aromatic heterocycles. The Balaban J connectivity index is 2.44. The molecule has 1 rings (SSSR count). The molecule has 4 heteroatoms. The van der Waals surface area contributed by atoms with E-state index in [0.717, 1.165) is 38.6 Å². The highest BCUT2D eigenvalue weighted by Gasteiger charge is 2.31. The highest BCUT2D eigenvalue weighted by Crippen LogP contribution is 2.25. The second-order valence-electron chi connectivity index (χ2n) is 6.37. The van der Waals surface area contributed by atoms with Gasteiger partial charge in [-0.3, -0.25) is 4.79 Å². The predicted molar refractivity (Wildman–Crippen MR) is 87.0 cm³/mol. The molecule has 4 nitrogen and oxygen atoms in total. The van der Waals surface area contributed by atoms with E-state index in [1.165, 1.54) is 25.7 Å². The Morgan fingerprint density at radius 3 is 2.43 bits per heavy atom. The molecule has 0 radical (unpaired) electrons. The fourth-order valence-corrected chi connectivity index (χ4v) is 3.20. The van der Waals surface area contributed by atoms with Crippen LogP contribution in [0.5, 0.6) is 0 Å². The van der Waals surface area contributed by atoms with Crippen LogP contribution in [0.1, 0.15) is 71.1 Å². The molecule has 3 N–H and O–H groups in total. The van der Waals surface area contributed by atoms with Gasteiger partial charge in [-0.05, 0) is 25.7 Å². The summed E-state index contributed by atoms with van der Waals surface area (Å²) in [7, 11) is 0. The van der Waals surface area contributed by atoms with Gasteiger partial charge in [0, 0.05) is 25.7 Å². The second kappa shape index (κ2) is 11.0. The fraction of sp³-hybridized carbons (Fsp3) is 0.941. The maximum Gasteiger partial charge on any atom is 0.227 e. The number of nitrogens with zero attached hydrogens (tertiary/aromatic N) is 1. The molecule has 0 aliphatic heterocycles. The van der Waals surface area contributed by atoms with Crippen molar-refractivity contribution in [1.82, 2.24) is 4.90 Å². The molecule has 1 aliphatic rings. The average molecular weight is 298 g/mol. The number of carbonyl (C=O) groups excluding carboxylic acids is 1. The van der Waals surface area contributed by atoms with Gasteiger partial charge in [0.1, 0.15) is 0 Å². The van der Waals surface area contributed by atoms with Crippen molar-refractivity contribution in [3.05, 3.63) is 0 Å². The summed E-state index contributed by atoms with van der Waals surface area (Å²) < 4.78 is 0. The largest absolute Gasteiger partial charge is 0.396 e. The van der Waals surface area contributed by atoms with Crippen LogP contribution in [0.4, 0.5) is 0 Å². The first-order valence-corrected chi connectivity index (χ1v) is 8.86. The summed E-state index contributed by atoms with van der Waals surface area (Å²) in [5.41, 5.74) is 6.14.